The molecule has 0 aliphatic carbocycles. The van der Waals surface area contributed by atoms with Crippen molar-refractivity contribution in [1.82, 2.24) is 0 Å². The second kappa shape index (κ2) is 4.24. The molecule has 0 atom stereocenters. The number of nitro groups is 1. The average molecular weight is 288 g/mol. The van der Waals surface area contributed by atoms with Crippen molar-refractivity contribution in [3.05, 3.63) is 55.8 Å². The number of rotatable bonds is 2. The number of carbonyl (C=O) groups excluding carboxylic acids is 2. The Bertz CT molecular complexity index is 735. The first kappa shape index (κ1) is 12.5. The predicted molar refractivity (Wildman–Crippen MR) is 73.3 cm³/mol. The summed E-state index contributed by atoms with van der Waals surface area (Å²) in [6.07, 6.45) is 0. The van der Waals surface area contributed by atoms with E-state index >= 15 is 0 Å². The molecule has 1 aromatic carbocycles. The Balaban J connectivity index is 2.13. The van der Waals surface area contributed by atoms with Gasteiger partial charge in [-0.15, -0.1) is 11.3 Å². The maximum atomic E-state index is 12.2. The number of imide groups is 1. The number of amides is 2. The molecule has 1 aliphatic rings. The zero-order chi connectivity index (χ0) is 14.4. The normalized spacial score (nSPS) is 13.8. The Morgan fingerprint density at radius 3 is 2.60 bits per heavy atom. The number of hydrogen-bond acceptors (Lipinski definition) is 5. The Morgan fingerprint density at radius 1 is 1.20 bits per heavy atom. The summed E-state index contributed by atoms with van der Waals surface area (Å²) < 4.78 is 0. The van der Waals surface area contributed by atoms with Gasteiger partial charge in [0.15, 0.2) is 0 Å². The van der Waals surface area contributed by atoms with E-state index in [9.17, 15) is 19.7 Å². The molecule has 2 heterocycles. The second-order valence-electron chi connectivity index (χ2n) is 4.34. The zero-order valence-corrected chi connectivity index (χ0v) is 11.1. The van der Waals surface area contributed by atoms with Crippen LogP contribution >= 0.6 is 11.3 Å². The third kappa shape index (κ3) is 1.64. The summed E-state index contributed by atoms with van der Waals surface area (Å²) in [5, 5.41) is 12.5. The minimum absolute atomic E-state index is 0.151. The lowest BCUT2D eigenvalue weighted by Gasteiger charge is -2.16. The third-order valence-electron chi connectivity index (χ3n) is 3.14. The number of nitro benzene ring substituents is 1. The van der Waals surface area contributed by atoms with Crippen molar-refractivity contribution in [2.75, 3.05) is 4.90 Å². The number of nitrogens with zero attached hydrogens (tertiary/aromatic N) is 2. The lowest BCUT2D eigenvalue weighted by molar-refractivity contribution is -0.384. The maximum absolute atomic E-state index is 12.2. The molecule has 0 bridgehead atoms. The fourth-order valence-electron chi connectivity index (χ4n) is 2.13. The third-order valence-corrected chi connectivity index (χ3v) is 4.04. The Morgan fingerprint density at radius 2 is 1.95 bits per heavy atom. The number of fused-ring (bicyclic) bond motifs is 1. The molecule has 0 fully saturated rings. The van der Waals surface area contributed by atoms with E-state index in [0.717, 1.165) is 4.90 Å². The first-order chi connectivity index (χ1) is 9.50. The van der Waals surface area contributed by atoms with Gasteiger partial charge in [-0.1, -0.05) is 6.07 Å². The molecule has 20 heavy (non-hydrogen) atoms. The number of benzene rings is 1. The van der Waals surface area contributed by atoms with Crippen LogP contribution in [0.1, 0.15) is 25.6 Å². The van der Waals surface area contributed by atoms with Crippen LogP contribution in [0.15, 0.2) is 29.6 Å². The van der Waals surface area contributed by atoms with Crippen LogP contribution in [0.25, 0.3) is 0 Å². The highest BCUT2D eigenvalue weighted by atomic mass is 32.1. The Kier molecular flexibility index (Phi) is 2.65. The first-order valence-electron chi connectivity index (χ1n) is 5.72. The molecule has 6 nitrogen and oxygen atoms in total. The van der Waals surface area contributed by atoms with Gasteiger partial charge in [0.2, 0.25) is 0 Å². The van der Waals surface area contributed by atoms with Crippen LogP contribution in [-0.2, 0) is 0 Å². The van der Waals surface area contributed by atoms with E-state index in [1.54, 1.807) is 18.4 Å². The van der Waals surface area contributed by atoms with E-state index < -0.39 is 16.7 Å². The van der Waals surface area contributed by atoms with E-state index in [-0.39, 0.29) is 11.4 Å². The number of anilines is 1. The van der Waals surface area contributed by atoms with Gasteiger partial charge in [-0.3, -0.25) is 19.7 Å². The van der Waals surface area contributed by atoms with E-state index in [1.807, 2.05) is 0 Å². The summed E-state index contributed by atoms with van der Waals surface area (Å²) in [6, 6.07) is 5.72. The smallest absolute Gasteiger partial charge is 0.268 e. The standard InChI is InChI=1S/C13H8N2O4S/c1-7-2-3-8(15(18)19)6-10(7)14-12(16)9-4-5-20-11(9)13(14)17/h2-6H,1H3. The lowest BCUT2D eigenvalue weighted by atomic mass is 10.1. The van der Waals surface area contributed by atoms with Crippen LogP contribution in [-0.4, -0.2) is 16.7 Å². The van der Waals surface area contributed by atoms with Gasteiger partial charge in [0, 0.05) is 12.1 Å². The molecular formula is C13H8N2O4S. The summed E-state index contributed by atoms with van der Waals surface area (Å²) in [6.45, 7) is 1.70. The van der Waals surface area contributed by atoms with Crippen molar-refractivity contribution in [3.8, 4) is 0 Å². The van der Waals surface area contributed by atoms with Gasteiger partial charge in [0.25, 0.3) is 17.5 Å². The van der Waals surface area contributed by atoms with Crippen LogP contribution in [0.5, 0.6) is 0 Å². The van der Waals surface area contributed by atoms with Crippen molar-refractivity contribution in [2.24, 2.45) is 0 Å². The lowest BCUT2D eigenvalue weighted by Crippen LogP contribution is -2.30. The molecule has 1 aliphatic heterocycles. The van der Waals surface area contributed by atoms with Crippen LogP contribution < -0.4 is 4.90 Å². The second-order valence-corrected chi connectivity index (χ2v) is 5.25. The highest BCUT2D eigenvalue weighted by Gasteiger charge is 2.38. The molecule has 2 amide bonds. The van der Waals surface area contributed by atoms with E-state index in [0.29, 0.717) is 16.0 Å². The molecule has 0 spiro atoms. The quantitative estimate of drug-likeness (QED) is 0.483. The number of hydrogen-bond donors (Lipinski definition) is 0. The van der Waals surface area contributed by atoms with Gasteiger partial charge < -0.3 is 0 Å². The summed E-state index contributed by atoms with van der Waals surface area (Å²) in [7, 11) is 0. The summed E-state index contributed by atoms with van der Waals surface area (Å²) in [5.41, 5.74) is 1.09. The predicted octanol–water partition coefficient (Wildman–Crippen LogP) is 2.77. The molecular weight excluding hydrogens is 280 g/mol. The maximum Gasteiger partial charge on any atom is 0.276 e. The van der Waals surface area contributed by atoms with Gasteiger partial charge in [-0.05, 0) is 23.9 Å². The van der Waals surface area contributed by atoms with E-state index in [1.165, 1.54) is 29.5 Å². The van der Waals surface area contributed by atoms with Gasteiger partial charge in [-0.25, -0.2) is 4.90 Å². The summed E-state index contributed by atoms with van der Waals surface area (Å²) in [5.74, 6) is -0.863. The number of aryl methyl sites for hydroxylation is 1. The van der Waals surface area contributed by atoms with Gasteiger partial charge in [0.05, 0.1) is 16.2 Å². The largest absolute Gasteiger partial charge is 0.276 e. The van der Waals surface area contributed by atoms with Crippen LogP contribution in [0.4, 0.5) is 11.4 Å². The van der Waals surface area contributed by atoms with Crippen molar-refractivity contribution in [1.29, 1.82) is 0 Å². The van der Waals surface area contributed by atoms with Crippen molar-refractivity contribution >= 4 is 34.5 Å². The monoisotopic (exact) mass is 288 g/mol. The number of carbonyl (C=O) groups is 2. The SMILES string of the molecule is Cc1ccc([N+](=O)[O-])cc1N1C(=O)c2ccsc2C1=O. The molecule has 0 N–H and O–H groups in total. The van der Waals surface area contributed by atoms with Gasteiger partial charge >= 0.3 is 0 Å². The molecule has 7 heteroatoms. The Hall–Kier alpha value is -2.54. The molecule has 0 saturated carbocycles. The van der Waals surface area contributed by atoms with Crippen molar-refractivity contribution in [3.63, 3.8) is 0 Å². The van der Waals surface area contributed by atoms with Gasteiger partial charge in [-0.2, -0.15) is 0 Å². The van der Waals surface area contributed by atoms with Crippen molar-refractivity contribution < 1.29 is 14.5 Å². The number of thiophene rings is 1. The minimum atomic E-state index is -0.552. The fraction of sp³-hybridized carbons (Fsp3) is 0.0769. The van der Waals surface area contributed by atoms with Gasteiger partial charge in [0.1, 0.15) is 4.88 Å². The highest BCUT2D eigenvalue weighted by molar-refractivity contribution is 7.13. The van der Waals surface area contributed by atoms with E-state index in [4.69, 9.17) is 0 Å². The van der Waals surface area contributed by atoms with Crippen LogP contribution in [0, 0.1) is 17.0 Å². The Labute approximate surface area is 117 Å². The first-order valence-corrected chi connectivity index (χ1v) is 6.60. The molecule has 2 aromatic rings. The van der Waals surface area contributed by atoms with E-state index in [2.05, 4.69) is 0 Å². The molecule has 1 aromatic heterocycles. The van der Waals surface area contributed by atoms with Crippen molar-refractivity contribution in [2.45, 2.75) is 6.92 Å². The summed E-state index contributed by atoms with van der Waals surface area (Å²) in [4.78, 5) is 36.1. The topological polar surface area (TPSA) is 80.5 Å². The zero-order valence-electron chi connectivity index (χ0n) is 10.3. The molecule has 0 unspecified atom stereocenters. The van der Waals surface area contributed by atoms with Crippen LogP contribution in [0.2, 0.25) is 0 Å². The minimum Gasteiger partial charge on any atom is -0.268 e. The molecule has 3 rings (SSSR count). The fourth-order valence-corrected chi connectivity index (χ4v) is 2.94. The number of non-ortho nitro benzene ring substituents is 1. The molecule has 0 saturated heterocycles. The molecule has 100 valence electrons. The molecule has 0 radical (unpaired) electrons. The highest BCUT2D eigenvalue weighted by Crippen LogP contribution is 2.34. The average Bonchev–Trinajstić information content (AvgIpc) is 2.96. The summed E-state index contributed by atoms with van der Waals surface area (Å²) >= 11 is 1.19. The van der Waals surface area contributed by atoms with Crippen LogP contribution in [0.3, 0.4) is 0 Å².